The van der Waals surface area contributed by atoms with E-state index in [0.717, 1.165) is 22.9 Å². The number of sulfonamides is 1. The first-order valence-electron chi connectivity index (χ1n) is 5.92. The van der Waals surface area contributed by atoms with Crippen LogP contribution < -0.4 is 10.5 Å². The van der Waals surface area contributed by atoms with E-state index in [1.807, 2.05) is 6.92 Å². The number of hydrogen-bond donors (Lipinski definition) is 2. The van der Waals surface area contributed by atoms with Crippen LogP contribution in [0.15, 0.2) is 27.6 Å². The monoisotopic (exact) mass is 368 g/mol. The molecule has 4 nitrogen and oxygen atoms in total. The molecule has 0 aliphatic heterocycles. The average molecular weight is 370 g/mol. The molecule has 1 unspecified atom stereocenters. The van der Waals surface area contributed by atoms with E-state index in [4.69, 9.17) is 5.73 Å². The molecule has 1 aliphatic rings. The van der Waals surface area contributed by atoms with Gasteiger partial charge in [0.25, 0.3) is 0 Å². The van der Waals surface area contributed by atoms with Crippen molar-refractivity contribution in [3.05, 3.63) is 28.2 Å². The Morgan fingerprint density at radius 3 is 2.58 bits per heavy atom. The first-order chi connectivity index (χ1) is 8.44. The molecule has 0 heterocycles. The Hall–Kier alpha value is -0.140. The molecular weight excluding hydrogens is 352 g/mol. The van der Waals surface area contributed by atoms with Crippen LogP contribution in [0.25, 0.3) is 0 Å². The van der Waals surface area contributed by atoms with Gasteiger partial charge < -0.3 is 5.73 Å². The summed E-state index contributed by atoms with van der Waals surface area (Å²) in [6.07, 6.45) is 2.12. The molecule has 1 saturated carbocycles. The highest BCUT2D eigenvalue weighted by Crippen LogP contribution is 2.33. The summed E-state index contributed by atoms with van der Waals surface area (Å²) in [4.78, 5) is 0.294. The Kier molecular flexibility index (Phi) is 5.82. The minimum absolute atomic E-state index is 0. The van der Waals surface area contributed by atoms with Crippen LogP contribution in [0, 0.1) is 12.8 Å². The molecule has 1 atom stereocenters. The largest absolute Gasteiger partial charge is 0.329 e. The fraction of sp³-hybridized carbons (Fsp3) is 0.500. The molecular formula is C12H18BrClN2O2S. The van der Waals surface area contributed by atoms with Gasteiger partial charge in [-0.1, -0.05) is 15.9 Å². The molecule has 2 rings (SSSR count). The van der Waals surface area contributed by atoms with Crippen molar-refractivity contribution in [3.8, 4) is 0 Å². The van der Waals surface area contributed by atoms with Gasteiger partial charge in [0.05, 0.1) is 4.90 Å². The predicted octanol–water partition coefficient (Wildman–Crippen LogP) is 2.19. The smallest absolute Gasteiger partial charge is 0.240 e. The molecule has 108 valence electrons. The van der Waals surface area contributed by atoms with Crippen molar-refractivity contribution >= 4 is 38.4 Å². The van der Waals surface area contributed by atoms with E-state index in [9.17, 15) is 8.42 Å². The first kappa shape index (κ1) is 16.9. The number of hydrogen-bond acceptors (Lipinski definition) is 3. The summed E-state index contributed by atoms with van der Waals surface area (Å²) < 4.78 is 28.0. The van der Waals surface area contributed by atoms with Crippen LogP contribution in [0.5, 0.6) is 0 Å². The second kappa shape index (κ2) is 6.54. The van der Waals surface area contributed by atoms with Crippen molar-refractivity contribution in [2.75, 3.05) is 6.54 Å². The lowest BCUT2D eigenvalue weighted by molar-refractivity contribution is 0.519. The molecule has 19 heavy (non-hydrogen) atoms. The van der Waals surface area contributed by atoms with Gasteiger partial charge in [-0.25, -0.2) is 13.1 Å². The van der Waals surface area contributed by atoms with Gasteiger partial charge in [0.15, 0.2) is 0 Å². The highest BCUT2D eigenvalue weighted by Gasteiger charge is 2.33. The van der Waals surface area contributed by atoms with Gasteiger partial charge in [0, 0.05) is 17.1 Å². The topological polar surface area (TPSA) is 72.2 Å². The van der Waals surface area contributed by atoms with Gasteiger partial charge in [-0.2, -0.15) is 0 Å². The van der Waals surface area contributed by atoms with E-state index in [0.29, 0.717) is 17.4 Å². The highest BCUT2D eigenvalue weighted by molar-refractivity contribution is 9.10. The molecule has 0 spiro atoms. The Bertz CT molecular complexity index is 547. The molecule has 0 bridgehead atoms. The third-order valence-electron chi connectivity index (χ3n) is 3.19. The molecule has 1 fully saturated rings. The van der Waals surface area contributed by atoms with E-state index in [2.05, 4.69) is 20.7 Å². The summed E-state index contributed by atoms with van der Waals surface area (Å²) in [6.45, 7) is 2.21. The van der Waals surface area contributed by atoms with Crippen LogP contribution in [0.3, 0.4) is 0 Å². The van der Waals surface area contributed by atoms with Crippen molar-refractivity contribution in [2.45, 2.75) is 30.7 Å². The number of nitrogens with one attached hydrogen (secondary N) is 1. The first-order valence-corrected chi connectivity index (χ1v) is 8.20. The zero-order valence-electron chi connectivity index (χ0n) is 10.6. The minimum atomic E-state index is -3.47. The van der Waals surface area contributed by atoms with Crippen molar-refractivity contribution in [1.82, 2.24) is 4.72 Å². The summed E-state index contributed by atoms with van der Waals surface area (Å²) in [6, 6.07) is 4.87. The Balaban J connectivity index is 0.00000180. The normalized spacial score (nSPS) is 16.8. The molecule has 0 saturated heterocycles. The Morgan fingerprint density at radius 2 is 2.11 bits per heavy atom. The molecule has 7 heteroatoms. The molecule has 1 aromatic carbocycles. The molecule has 1 aliphatic carbocycles. The lowest BCUT2D eigenvalue weighted by Crippen LogP contribution is -2.41. The van der Waals surface area contributed by atoms with Crippen molar-refractivity contribution in [3.63, 3.8) is 0 Å². The predicted molar refractivity (Wildman–Crippen MR) is 82.0 cm³/mol. The molecule has 0 amide bonds. The van der Waals surface area contributed by atoms with Gasteiger partial charge in [-0.05, 0) is 49.4 Å². The second-order valence-electron chi connectivity index (χ2n) is 4.71. The summed E-state index contributed by atoms with van der Waals surface area (Å²) in [5.41, 5.74) is 6.52. The van der Waals surface area contributed by atoms with E-state index in [1.165, 1.54) is 0 Å². The van der Waals surface area contributed by atoms with E-state index >= 15 is 0 Å². The standard InChI is InChI=1S/C12H17BrN2O2S.ClH/c1-8-6-10(4-5-11(8)13)18(16,17)15-12(7-14)9-2-3-9;/h4-6,9,12,15H,2-3,7,14H2,1H3;1H. The summed E-state index contributed by atoms with van der Waals surface area (Å²) in [5, 5.41) is 0. The fourth-order valence-electron chi connectivity index (χ4n) is 1.89. The second-order valence-corrected chi connectivity index (χ2v) is 7.28. The van der Waals surface area contributed by atoms with E-state index in [1.54, 1.807) is 18.2 Å². The van der Waals surface area contributed by atoms with Crippen LogP contribution in [0.4, 0.5) is 0 Å². The zero-order chi connectivity index (χ0) is 13.3. The molecule has 1 aromatic rings. The van der Waals surface area contributed by atoms with Gasteiger partial charge in [-0.15, -0.1) is 12.4 Å². The third-order valence-corrected chi connectivity index (χ3v) is 5.57. The van der Waals surface area contributed by atoms with E-state index in [-0.39, 0.29) is 18.4 Å². The molecule has 3 N–H and O–H groups in total. The number of aryl methyl sites for hydroxylation is 1. The maximum atomic E-state index is 12.2. The van der Waals surface area contributed by atoms with Crippen molar-refractivity contribution in [1.29, 1.82) is 0 Å². The van der Waals surface area contributed by atoms with Crippen LogP contribution in [-0.4, -0.2) is 21.0 Å². The van der Waals surface area contributed by atoms with Crippen LogP contribution >= 0.6 is 28.3 Å². The Morgan fingerprint density at radius 1 is 1.47 bits per heavy atom. The highest BCUT2D eigenvalue weighted by atomic mass is 79.9. The number of benzene rings is 1. The van der Waals surface area contributed by atoms with E-state index < -0.39 is 10.0 Å². The molecule has 0 radical (unpaired) electrons. The average Bonchev–Trinajstić information content (AvgIpc) is 3.13. The van der Waals surface area contributed by atoms with Crippen molar-refractivity contribution in [2.24, 2.45) is 11.7 Å². The Labute approximate surface area is 128 Å². The van der Waals surface area contributed by atoms with Gasteiger partial charge in [0.1, 0.15) is 0 Å². The van der Waals surface area contributed by atoms with Crippen LogP contribution in [0.2, 0.25) is 0 Å². The minimum Gasteiger partial charge on any atom is -0.329 e. The number of rotatable bonds is 5. The summed E-state index contributed by atoms with van der Waals surface area (Å²) >= 11 is 3.36. The van der Waals surface area contributed by atoms with Gasteiger partial charge in [0.2, 0.25) is 10.0 Å². The SMILES string of the molecule is Cc1cc(S(=O)(=O)NC(CN)C2CC2)ccc1Br.Cl. The van der Waals surface area contributed by atoms with Crippen LogP contribution in [0.1, 0.15) is 18.4 Å². The lowest BCUT2D eigenvalue weighted by atomic mass is 10.2. The van der Waals surface area contributed by atoms with Crippen molar-refractivity contribution < 1.29 is 8.42 Å². The van der Waals surface area contributed by atoms with Gasteiger partial charge in [-0.3, -0.25) is 0 Å². The summed E-state index contributed by atoms with van der Waals surface area (Å²) in [7, 11) is -3.47. The number of nitrogens with two attached hydrogens (primary N) is 1. The fourth-order valence-corrected chi connectivity index (χ4v) is 3.54. The number of halogens is 2. The zero-order valence-corrected chi connectivity index (χ0v) is 13.8. The maximum Gasteiger partial charge on any atom is 0.240 e. The van der Waals surface area contributed by atoms with Crippen LogP contribution in [-0.2, 0) is 10.0 Å². The third kappa shape index (κ3) is 4.16. The maximum absolute atomic E-state index is 12.2. The lowest BCUT2D eigenvalue weighted by Gasteiger charge is -2.16. The van der Waals surface area contributed by atoms with Gasteiger partial charge >= 0.3 is 0 Å². The molecule has 0 aromatic heterocycles. The summed E-state index contributed by atoms with van der Waals surface area (Å²) in [5.74, 6) is 0.404. The quantitative estimate of drug-likeness (QED) is 0.835.